The molecule has 104 valence electrons. The van der Waals surface area contributed by atoms with E-state index in [1.807, 2.05) is 20.8 Å². The summed E-state index contributed by atoms with van der Waals surface area (Å²) in [5, 5.41) is 11.4. The Morgan fingerprint density at radius 3 is 2.33 bits per heavy atom. The van der Waals surface area contributed by atoms with E-state index in [1.54, 1.807) is 0 Å². The predicted molar refractivity (Wildman–Crippen MR) is 71.0 cm³/mol. The summed E-state index contributed by atoms with van der Waals surface area (Å²) in [5.74, 6) is -1.73. The molecule has 0 aromatic rings. The quantitative estimate of drug-likeness (QED) is 0.596. The third-order valence-corrected chi connectivity index (χ3v) is 2.53. The molecular weight excluding hydrogens is 232 g/mol. The first-order chi connectivity index (χ1) is 8.21. The number of hydrogen-bond donors (Lipinski definition) is 3. The summed E-state index contributed by atoms with van der Waals surface area (Å²) in [4.78, 5) is 22.9. The van der Waals surface area contributed by atoms with E-state index in [-0.39, 0.29) is 30.2 Å². The Morgan fingerprint density at radius 1 is 1.44 bits per heavy atom. The van der Waals surface area contributed by atoms with E-state index < -0.39 is 12.0 Å². The lowest BCUT2D eigenvalue weighted by Crippen LogP contribution is -2.45. The Morgan fingerprint density at radius 2 is 2.00 bits per heavy atom. The van der Waals surface area contributed by atoms with Gasteiger partial charge in [0.2, 0.25) is 5.91 Å². The minimum atomic E-state index is -1.06. The fraction of sp³-hybridized carbons (Fsp3) is 0.692. The molecule has 0 rings (SSSR count). The summed E-state index contributed by atoms with van der Waals surface area (Å²) in [6, 6.07) is -0.927. The van der Waals surface area contributed by atoms with Crippen molar-refractivity contribution in [3.8, 4) is 0 Å². The van der Waals surface area contributed by atoms with Gasteiger partial charge in [0.25, 0.3) is 0 Å². The molecule has 0 fully saturated rings. The molecule has 1 amide bonds. The SMILES string of the molecule is C=CCC(NC(=O)C(CN)CC(C)(C)C)C(=O)O. The zero-order valence-electron chi connectivity index (χ0n) is 11.4. The largest absolute Gasteiger partial charge is 0.480 e. The summed E-state index contributed by atoms with van der Waals surface area (Å²) in [7, 11) is 0. The van der Waals surface area contributed by atoms with Crippen molar-refractivity contribution >= 4 is 11.9 Å². The van der Waals surface area contributed by atoms with Crippen molar-refractivity contribution in [1.82, 2.24) is 5.32 Å². The number of carbonyl (C=O) groups excluding carboxylic acids is 1. The number of carboxylic acids is 1. The molecule has 2 unspecified atom stereocenters. The summed E-state index contributed by atoms with van der Waals surface area (Å²) in [6.07, 6.45) is 2.30. The first kappa shape index (κ1) is 16.6. The summed E-state index contributed by atoms with van der Waals surface area (Å²) in [6.45, 7) is 9.73. The van der Waals surface area contributed by atoms with Crippen molar-refractivity contribution in [3.05, 3.63) is 12.7 Å². The Kier molecular flexibility index (Phi) is 6.62. The van der Waals surface area contributed by atoms with E-state index in [4.69, 9.17) is 10.8 Å². The zero-order chi connectivity index (χ0) is 14.3. The molecule has 0 spiro atoms. The topological polar surface area (TPSA) is 92.4 Å². The van der Waals surface area contributed by atoms with Crippen LogP contribution in [0.15, 0.2) is 12.7 Å². The van der Waals surface area contributed by atoms with Crippen LogP contribution in [-0.2, 0) is 9.59 Å². The monoisotopic (exact) mass is 256 g/mol. The highest BCUT2D eigenvalue weighted by molar-refractivity contribution is 5.85. The van der Waals surface area contributed by atoms with E-state index in [2.05, 4.69) is 11.9 Å². The van der Waals surface area contributed by atoms with Gasteiger partial charge in [-0.3, -0.25) is 4.79 Å². The fourth-order valence-corrected chi connectivity index (χ4v) is 1.70. The van der Waals surface area contributed by atoms with Gasteiger partial charge in [-0.15, -0.1) is 6.58 Å². The maximum absolute atomic E-state index is 12.0. The molecule has 18 heavy (non-hydrogen) atoms. The molecule has 0 bridgehead atoms. The van der Waals surface area contributed by atoms with Gasteiger partial charge in [0.15, 0.2) is 0 Å². The average Bonchev–Trinajstić information content (AvgIpc) is 2.23. The van der Waals surface area contributed by atoms with Crippen LogP contribution in [0, 0.1) is 11.3 Å². The molecule has 0 aliphatic carbocycles. The van der Waals surface area contributed by atoms with Gasteiger partial charge < -0.3 is 16.2 Å². The number of carboxylic acid groups (broad SMARTS) is 1. The van der Waals surface area contributed by atoms with Gasteiger partial charge in [-0.05, 0) is 18.3 Å². The van der Waals surface area contributed by atoms with Crippen LogP contribution in [-0.4, -0.2) is 29.6 Å². The molecule has 5 heteroatoms. The molecule has 5 nitrogen and oxygen atoms in total. The first-order valence-corrected chi connectivity index (χ1v) is 6.05. The molecule has 0 aromatic heterocycles. The van der Waals surface area contributed by atoms with Crippen LogP contribution >= 0.6 is 0 Å². The van der Waals surface area contributed by atoms with E-state index >= 15 is 0 Å². The predicted octanol–water partition coefficient (Wildman–Crippen LogP) is 1.14. The van der Waals surface area contributed by atoms with Gasteiger partial charge in [0, 0.05) is 6.54 Å². The van der Waals surface area contributed by atoms with E-state index in [0.717, 1.165) is 0 Å². The molecule has 0 aromatic carbocycles. The highest BCUT2D eigenvalue weighted by Gasteiger charge is 2.27. The minimum Gasteiger partial charge on any atom is -0.480 e. The van der Waals surface area contributed by atoms with Gasteiger partial charge in [0.1, 0.15) is 6.04 Å². The Bertz CT molecular complexity index is 308. The van der Waals surface area contributed by atoms with E-state index in [0.29, 0.717) is 6.42 Å². The number of rotatable bonds is 7. The fourth-order valence-electron chi connectivity index (χ4n) is 1.70. The van der Waals surface area contributed by atoms with Crippen molar-refractivity contribution in [3.63, 3.8) is 0 Å². The van der Waals surface area contributed by atoms with Gasteiger partial charge in [-0.1, -0.05) is 26.8 Å². The smallest absolute Gasteiger partial charge is 0.326 e. The number of nitrogens with one attached hydrogen (secondary N) is 1. The van der Waals surface area contributed by atoms with Crippen LogP contribution in [0.25, 0.3) is 0 Å². The summed E-state index contributed by atoms with van der Waals surface area (Å²) < 4.78 is 0. The number of amides is 1. The Labute approximate surface area is 108 Å². The molecule has 0 saturated heterocycles. The molecule has 4 N–H and O–H groups in total. The standard InChI is InChI=1S/C13H24N2O3/c1-5-6-10(12(17)18)15-11(16)9(8-14)7-13(2,3)4/h5,9-10H,1,6-8,14H2,2-4H3,(H,15,16)(H,17,18). The first-order valence-electron chi connectivity index (χ1n) is 6.05. The highest BCUT2D eigenvalue weighted by Crippen LogP contribution is 2.24. The molecule has 0 radical (unpaired) electrons. The number of hydrogen-bond acceptors (Lipinski definition) is 3. The van der Waals surface area contributed by atoms with Crippen molar-refractivity contribution in [1.29, 1.82) is 0 Å². The Hall–Kier alpha value is -1.36. The number of carbonyl (C=O) groups is 2. The second-order valence-electron chi connectivity index (χ2n) is 5.62. The van der Waals surface area contributed by atoms with Crippen molar-refractivity contribution < 1.29 is 14.7 Å². The number of aliphatic carboxylic acids is 1. The molecule has 0 saturated carbocycles. The summed E-state index contributed by atoms with van der Waals surface area (Å²) in [5.41, 5.74) is 5.55. The second-order valence-corrected chi connectivity index (χ2v) is 5.62. The van der Waals surface area contributed by atoms with Gasteiger partial charge in [-0.2, -0.15) is 0 Å². The van der Waals surface area contributed by atoms with Crippen LogP contribution < -0.4 is 11.1 Å². The molecular formula is C13H24N2O3. The van der Waals surface area contributed by atoms with Crippen molar-refractivity contribution in [2.75, 3.05) is 6.54 Å². The minimum absolute atomic E-state index is 0.0292. The average molecular weight is 256 g/mol. The maximum atomic E-state index is 12.0. The third kappa shape index (κ3) is 6.39. The van der Waals surface area contributed by atoms with Crippen molar-refractivity contribution in [2.24, 2.45) is 17.1 Å². The van der Waals surface area contributed by atoms with Crippen LogP contribution in [0.4, 0.5) is 0 Å². The Balaban J connectivity index is 4.59. The molecule has 0 aliphatic heterocycles. The zero-order valence-corrected chi connectivity index (χ0v) is 11.4. The lowest BCUT2D eigenvalue weighted by molar-refractivity contribution is -0.142. The lowest BCUT2D eigenvalue weighted by Gasteiger charge is -2.25. The van der Waals surface area contributed by atoms with E-state index in [1.165, 1.54) is 6.08 Å². The van der Waals surface area contributed by atoms with Gasteiger partial charge >= 0.3 is 5.97 Å². The lowest BCUT2D eigenvalue weighted by atomic mass is 9.84. The normalized spacial score (nSPS) is 14.7. The molecule has 2 atom stereocenters. The van der Waals surface area contributed by atoms with Crippen LogP contribution in [0.5, 0.6) is 0 Å². The van der Waals surface area contributed by atoms with Crippen LogP contribution in [0.2, 0.25) is 0 Å². The maximum Gasteiger partial charge on any atom is 0.326 e. The van der Waals surface area contributed by atoms with Crippen molar-refractivity contribution in [2.45, 2.75) is 39.7 Å². The van der Waals surface area contributed by atoms with Gasteiger partial charge in [0.05, 0.1) is 5.92 Å². The molecule has 0 heterocycles. The number of nitrogens with two attached hydrogens (primary N) is 1. The van der Waals surface area contributed by atoms with Gasteiger partial charge in [-0.25, -0.2) is 4.79 Å². The highest BCUT2D eigenvalue weighted by atomic mass is 16.4. The van der Waals surface area contributed by atoms with E-state index in [9.17, 15) is 9.59 Å². The molecule has 0 aliphatic rings. The van der Waals surface area contributed by atoms with Crippen LogP contribution in [0.3, 0.4) is 0 Å². The third-order valence-electron chi connectivity index (χ3n) is 2.53. The second kappa shape index (κ2) is 7.16. The summed E-state index contributed by atoms with van der Waals surface area (Å²) >= 11 is 0. The van der Waals surface area contributed by atoms with Crippen LogP contribution in [0.1, 0.15) is 33.6 Å².